The van der Waals surface area contributed by atoms with Crippen LogP contribution in [-0.2, 0) is 13.0 Å². The number of fused-ring (bicyclic) bond motifs is 1. The van der Waals surface area contributed by atoms with Gasteiger partial charge < -0.3 is 10.3 Å². The van der Waals surface area contributed by atoms with Crippen LogP contribution in [0.5, 0.6) is 0 Å². The average Bonchev–Trinajstić information content (AvgIpc) is 2.80. The molecule has 0 fully saturated rings. The summed E-state index contributed by atoms with van der Waals surface area (Å²) in [6.45, 7) is 4.19. The number of para-hydroxylation sites is 1. The van der Waals surface area contributed by atoms with Gasteiger partial charge in [-0.2, -0.15) is 0 Å². The molecular weight excluding hydrogens is 246 g/mol. The first-order valence-electron chi connectivity index (χ1n) is 7.12. The van der Waals surface area contributed by atoms with Crippen molar-refractivity contribution in [3.8, 4) is 0 Å². The monoisotopic (exact) mass is 266 g/mol. The lowest BCUT2D eigenvalue weighted by molar-refractivity contribution is -0.670. The summed E-state index contributed by atoms with van der Waals surface area (Å²) in [5, 5.41) is 3.68. The van der Waals surface area contributed by atoms with Crippen LogP contribution in [0.3, 0.4) is 0 Å². The molecule has 0 atom stereocenters. The number of nitrogens with two attached hydrogens (primary N) is 1. The zero-order valence-corrected chi connectivity index (χ0v) is 11.8. The van der Waals surface area contributed by atoms with Crippen molar-refractivity contribution in [3.05, 3.63) is 65.6 Å². The molecule has 3 rings (SSSR count). The smallest absolute Gasteiger partial charge is 0.118 e. The highest BCUT2D eigenvalue weighted by molar-refractivity contribution is 5.84. The molecular formula is C17H20N3+. The van der Waals surface area contributed by atoms with E-state index in [-0.39, 0.29) is 0 Å². The Kier molecular flexibility index (Phi) is 3.79. The van der Waals surface area contributed by atoms with Gasteiger partial charge in [-0.05, 0) is 30.7 Å². The van der Waals surface area contributed by atoms with Gasteiger partial charge >= 0.3 is 0 Å². The number of rotatable bonds is 5. The number of aromatic amines is 1. The molecule has 0 spiro atoms. The maximum atomic E-state index is 4.34. The van der Waals surface area contributed by atoms with E-state index in [0.717, 1.165) is 25.2 Å². The predicted octanol–water partition coefficient (Wildman–Crippen LogP) is 2.18. The summed E-state index contributed by atoms with van der Waals surface area (Å²) >= 11 is 0. The number of hydrogen-bond acceptors (Lipinski definition) is 1. The van der Waals surface area contributed by atoms with Crippen molar-refractivity contribution in [1.29, 1.82) is 0 Å². The van der Waals surface area contributed by atoms with Crippen LogP contribution in [0.1, 0.15) is 17.0 Å². The third-order valence-corrected chi connectivity index (χ3v) is 3.71. The first kappa shape index (κ1) is 12.9. The minimum Gasteiger partial charge on any atom is -0.358 e. The molecule has 1 aromatic carbocycles. The number of H-pyrrole nitrogens is 1. The van der Waals surface area contributed by atoms with Gasteiger partial charge in [0.1, 0.15) is 6.54 Å². The van der Waals surface area contributed by atoms with Crippen LogP contribution in [0, 0.1) is 6.92 Å². The molecule has 20 heavy (non-hydrogen) atoms. The average molecular weight is 266 g/mol. The Bertz CT molecular complexity index is 686. The van der Waals surface area contributed by atoms with E-state index in [0.29, 0.717) is 0 Å². The van der Waals surface area contributed by atoms with Gasteiger partial charge in [0, 0.05) is 29.2 Å². The minimum atomic E-state index is 0.947. The molecule has 0 aliphatic heterocycles. The van der Waals surface area contributed by atoms with Crippen LogP contribution in [0.4, 0.5) is 0 Å². The minimum absolute atomic E-state index is 0.947. The van der Waals surface area contributed by atoms with Crippen LogP contribution in [0.15, 0.2) is 48.7 Å². The number of nitrogens with zero attached hydrogens (tertiary/aromatic N) is 1. The maximum Gasteiger partial charge on any atom is 0.118 e. The summed E-state index contributed by atoms with van der Waals surface area (Å²) in [6, 6.07) is 14.6. The van der Waals surface area contributed by atoms with Gasteiger partial charge in [-0.15, -0.1) is 0 Å². The summed E-state index contributed by atoms with van der Waals surface area (Å²) in [5.74, 6) is 0. The van der Waals surface area contributed by atoms with Crippen LogP contribution in [0.2, 0.25) is 0 Å². The molecule has 3 N–H and O–H groups in total. The number of hydrogen-bond donors (Lipinski definition) is 2. The second kappa shape index (κ2) is 5.88. The number of quaternary nitrogens is 1. The molecule has 0 unspecified atom stereocenters. The molecule has 3 nitrogen and oxygen atoms in total. The van der Waals surface area contributed by atoms with Gasteiger partial charge in [0.15, 0.2) is 0 Å². The predicted molar refractivity (Wildman–Crippen MR) is 81.5 cm³/mol. The molecule has 0 saturated carbocycles. The van der Waals surface area contributed by atoms with Crippen LogP contribution >= 0.6 is 0 Å². The van der Waals surface area contributed by atoms with E-state index in [4.69, 9.17) is 0 Å². The Hall–Kier alpha value is -2.13. The summed E-state index contributed by atoms with van der Waals surface area (Å²) in [5.41, 5.74) is 5.11. The van der Waals surface area contributed by atoms with Gasteiger partial charge in [0.05, 0.1) is 12.2 Å². The molecule has 0 amide bonds. The van der Waals surface area contributed by atoms with Crippen LogP contribution in [-0.4, -0.2) is 16.5 Å². The third kappa shape index (κ3) is 2.73. The van der Waals surface area contributed by atoms with Gasteiger partial charge in [0.25, 0.3) is 0 Å². The Morgan fingerprint density at radius 2 is 1.95 bits per heavy atom. The summed E-state index contributed by atoms with van der Waals surface area (Å²) in [4.78, 5) is 7.80. The Balaban J connectivity index is 1.61. The normalized spacial score (nSPS) is 11.1. The second-order valence-corrected chi connectivity index (χ2v) is 5.13. The highest BCUT2D eigenvalue weighted by Gasteiger charge is 2.08. The number of pyridine rings is 1. The van der Waals surface area contributed by atoms with Crippen molar-refractivity contribution >= 4 is 10.9 Å². The topological polar surface area (TPSA) is 45.3 Å². The third-order valence-electron chi connectivity index (χ3n) is 3.71. The van der Waals surface area contributed by atoms with E-state index in [1.165, 1.54) is 22.2 Å². The lowest BCUT2D eigenvalue weighted by atomic mass is 10.1. The quantitative estimate of drug-likeness (QED) is 0.683. The zero-order chi connectivity index (χ0) is 13.8. The first-order valence-corrected chi connectivity index (χ1v) is 7.12. The standard InChI is InChI=1S/C17H19N3/c1-13-15(16-7-2-3-8-17(16)20-13)9-11-18-12-14-6-4-5-10-19-14/h2-8,10,18,20H,9,11-12H2,1H3/p+1. The number of aryl methyl sites for hydroxylation is 1. The number of nitrogens with one attached hydrogen (secondary N) is 1. The molecule has 0 aliphatic rings. The fourth-order valence-electron chi connectivity index (χ4n) is 2.67. The van der Waals surface area contributed by atoms with Crippen LogP contribution in [0.25, 0.3) is 10.9 Å². The SMILES string of the molecule is Cc1[nH]c2ccccc2c1CC[NH2+]Cc1ccccn1. The van der Waals surface area contributed by atoms with Gasteiger partial charge in [0.2, 0.25) is 0 Å². The Labute approximate surface area is 119 Å². The van der Waals surface area contributed by atoms with Crippen molar-refractivity contribution in [1.82, 2.24) is 9.97 Å². The van der Waals surface area contributed by atoms with E-state index in [1.54, 1.807) is 0 Å². The van der Waals surface area contributed by atoms with Crippen LogP contribution < -0.4 is 5.32 Å². The zero-order valence-electron chi connectivity index (χ0n) is 11.8. The Morgan fingerprint density at radius 1 is 1.10 bits per heavy atom. The fourth-order valence-corrected chi connectivity index (χ4v) is 2.67. The molecule has 3 heteroatoms. The number of benzene rings is 1. The highest BCUT2D eigenvalue weighted by Crippen LogP contribution is 2.21. The lowest BCUT2D eigenvalue weighted by Gasteiger charge is -2.02. The van der Waals surface area contributed by atoms with Gasteiger partial charge in [-0.3, -0.25) is 4.98 Å². The molecule has 102 valence electrons. The second-order valence-electron chi connectivity index (χ2n) is 5.13. The summed E-state index contributed by atoms with van der Waals surface area (Å²) < 4.78 is 0. The molecule has 3 aromatic rings. The van der Waals surface area contributed by atoms with Gasteiger partial charge in [-0.25, -0.2) is 0 Å². The van der Waals surface area contributed by atoms with E-state index in [2.05, 4.69) is 52.5 Å². The molecule has 0 radical (unpaired) electrons. The van der Waals surface area contributed by atoms with Crippen molar-refractivity contribution < 1.29 is 5.32 Å². The van der Waals surface area contributed by atoms with Gasteiger partial charge in [-0.1, -0.05) is 24.3 Å². The first-order chi connectivity index (χ1) is 9.84. The number of aromatic nitrogens is 2. The molecule has 2 aromatic heterocycles. The lowest BCUT2D eigenvalue weighted by Crippen LogP contribution is -2.83. The van der Waals surface area contributed by atoms with Crippen molar-refractivity contribution in [3.63, 3.8) is 0 Å². The van der Waals surface area contributed by atoms with Crippen molar-refractivity contribution in [2.45, 2.75) is 19.9 Å². The van der Waals surface area contributed by atoms with E-state index in [9.17, 15) is 0 Å². The maximum absolute atomic E-state index is 4.34. The summed E-state index contributed by atoms with van der Waals surface area (Å²) in [6.07, 6.45) is 2.94. The Morgan fingerprint density at radius 3 is 2.80 bits per heavy atom. The fraction of sp³-hybridized carbons (Fsp3) is 0.235. The van der Waals surface area contributed by atoms with E-state index >= 15 is 0 Å². The molecule has 0 bridgehead atoms. The van der Waals surface area contributed by atoms with E-state index in [1.807, 2.05) is 18.3 Å². The van der Waals surface area contributed by atoms with Crippen molar-refractivity contribution in [2.75, 3.05) is 6.54 Å². The summed E-state index contributed by atoms with van der Waals surface area (Å²) in [7, 11) is 0. The molecule has 0 aliphatic carbocycles. The van der Waals surface area contributed by atoms with Crippen molar-refractivity contribution in [2.24, 2.45) is 0 Å². The largest absolute Gasteiger partial charge is 0.358 e. The molecule has 2 heterocycles. The molecule has 0 saturated heterocycles. The highest BCUT2D eigenvalue weighted by atomic mass is 14.9. The van der Waals surface area contributed by atoms with E-state index < -0.39 is 0 Å².